The number of benzene rings is 2. The van der Waals surface area contributed by atoms with Crippen molar-refractivity contribution in [1.82, 2.24) is 10.6 Å². The van der Waals surface area contributed by atoms with Gasteiger partial charge in [0.05, 0.1) is 37.3 Å². The summed E-state index contributed by atoms with van der Waals surface area (Å²) in [5.74, 6) is -1.99. The third-order valence-corrected chi connectivity index (χ3v) is 6.33. The van der Waals surface area contributed by atoms with E-state index in [2.05, 4.69) is 10.6 Å². The fourth-order valence-electron chi connectivity index (χ4n) is 3.96. The molecule has 16 nitrogen and oxygen atoms in total. The van der Waals surface area contributed by atoms with Crippen LogP contribution in [-0.4, -0.2) is 85.3 Å². The molecule has 0 amide bonds. The Morgan fingerprint density at radius 3 is 1.17 bits per heavy atom. The first kappa shape index (κ1) is 39.1. The van der Waals surface area contributed by atoms with Gasteiger partial charge in [-0.25, -0.2) is 0 Å². The molecule has 0 heterocycles. The summed E-state index contributed by atoms with van der Waals surface area (Å²) < 4.78 is 19.2. The molecule has 16 heteroatoms. The zero-order valence-electron chi connectivity index (χ0n) is 26.6. The van der Waals surface area contributed by atoms with Crippen molar-refractivity contribution in [3.8, 4) is 0 Å². The molecule has 0 saturated carbocycles. The fourth-order valence-corrected chi connectivity index (χ4v) is 3.96. The van der Waals surface area contributed by atoms with Gasteiger partial charge in [0.15, 0.2) is 0 Å². The van der Waals surface area contributed by atoms with Gasteiger partial charge in [-0.3, -0.25) is 50.0 Å². The number of carbonyl (C=O) groups excluding carboxylic acids is 4. The van der Waals surface area contributed by atoms with Crippen molar-refractivity contribution in [3.63, 3.8) is 0 Å². The van der Waals surface area contributed by atoms with Crippen LogP contribution in [0.2, 0.25) is 0 Å². The number of methoxy groups -OCH3 is 2. The summed E-state index contributed by atoms with van der Waals surface area (Å²) in [7, 11) is 2.50. The standard InChI is InChI=1S/2C15H20N2O6/c2*1-4-23-14(18)10(2)16-13(15(19)22-3)9-11-5-7-12(8-6-11)17(20)21/h2*5-8,10,13,16H,4,9H2,1-3H3/t10-,13+;10-,13-/m10/s1. The number of hydrogen-bond acceptors (Lipinski definition) is 14. The Hall–Kier alpha value is -4.96. The molecule has 0 spiro atoms. The zero-order chi connectivity index (χ0) is 34.8. The molecule has 0 aliphatic rings. The Morgan fingerprint density at radius 1 is 0.630 bits per heavy atom. The summed E-state index contributed by atoms with van der Waals surface area (Å²) in [4.78, 5) is 67.3. The number of rotatable bonds is 16. The number of non-ortho nitro benzene ring substituents is 2. The van der Waals surface area contributed by atoms with Crippen LogP contribution in [0.1, 0.15) is 38.8 Å². The molecule has 0 fully saturated rings. The number of ether oxygens (including phenoxy) is 4. The van der Waals surface area contributed by atoms with Crippen molar-refractivity contribution < 1.29 is 48.0 Å². The van der Waals surface area contributed by atoms with Gasteiger partial charge in [-0.1, -0.05) is 24.3 Å². The van der Waals surface area contributed by atoms with Crippen molar-refractivity contribution >= 4 is 35.3 Å². The highest BCUT2D eigenvalue weighted by Gasteiger charge is 2.26. The summed E-state index contributed by atoms with van der Waals surface area (Å²) in [6, 6.07) is 8.79. The molecule has 2 aromatic rings. The van der Waals surface area contributed by atoms with E-state index in [1.54, 1.807) is 52.0 Å². The van der Waals surface area contributed by atoms with Crippen LogP contribution in [0, 0.1) is 20.2 Å². The monoisotopic (exact) mass is 648 g/mol. The predicted molar refractivity (Wildman–Crippen MR) is 164 cm³/mol. The van der Waals surface area contributed by atoms with Gasteiger partial charge < -0.3 is 18.9 Å². The van der Waals surface area contributed by atoms with Crippen LogP contribution in [0.5, 0.6) is 0 Å². The minimum atomic E-state index is -0.763. The van der Waals surface area contributed by atoms with Crippen molar-refractivity contribution in [2.75, 3.05) is 27.4 Å². The van der Waals surface area contributed by atoms with Crippen LogP contribution in [0.3, 0.4) is 0 Å². The van der Waals surface area contributed by atoms with Gasteiger partial charge in [0, 0.05) is 24.3 Å². The number of nitro groups is 2. The maximum absolute atomic E-state index is 11.9. The van der Waals surface area contributed by atoms with E-state index in [0.717, 1.165) is 0 Å². The van der Waals surface area contributed by atoms with Crippen LogP contribution in [0.15, 0.2) is 48.5 Å². The largest absolute Gasteiger partial charge is 0.468 e. The first-order valence-electron chi connectivity index (χ1n) is 14.2. The van der Waals surface area contributed by atoms with Crippen LogP contribution in [-0.2, 0) is 51.0 Å². The molecule has 0 aliphatic carbocycles. The van der Waals surface area contributed by atoms with Crippen molar-refractivity contribution in [2.24, 2.45) is 0 Å². The molecule has 2 N–H and O–H groups in total. The summed E-state index contributed by atoms with van der Waals surface area (Å²) in [5, 5.41) is 27.0. The second-order valence-corrected chi connectivity index (χ2v) is 9.69. The van der Waals surface area contributed by atoms with E-state index in [9.17, 15) is 39.4 Å². The van der Waals surface area contributed by atoms with E-state index in [0.29, 0.717) is 11.1 Å². The SMILES string of the molecule is CCOC(=O)[C@@H](C)N[C@@H](Cc1ccc([N+](=O)[O-])cc1)C(=O)OC.CCOC(=O)[C@H](C)N[C@@H](Cc1ccc([N+](=O)[O-])cc1)C(=O)OC. The number of nitrogens with one attached hydrogen (secondary N) is 2. The predicted octanol–water partition coefficient (Wildman–Crippen LogP) is 2.44. The van der Waals surface area contributed by atoms with E-state index in [4.69, 9.17) is 18.9 Å². The fraction of sp³-hybridized carbons (Fsp3) is 0.467. The van der Waals surface area contributed by atoms with E-state index < -0.39 is 57.9 Å². The van der Waals surface area contributed by atoms with Crippen LogP contribution >= 0.6 is 0 Å². The van der Waals surface area contributed by atoms with Crippen LogP contribution in [0.25, 0.3) is 0 Å². The molecular formula is C30H40N4O12. The van der Waals surface area contributed by atoms with E-state index in [1.165, 1.54) is 38.5 Å². The highest BCUT2D eigenvalue weighted by Crippen LogP contribution is 2.15. The average Bonchev–Trinajstić information content (AvgIpc) is 3.04. The average molecular weight is 649 g/mol. The highest BCUT2D eigenvalue weighted by atomic mass is 16.6. The Morgan fingerprint density at radius 2 is 0.935 bits per heavy atom. The molecule has 0 aliphatic heterocycles. The maximum Gasteiger partial charge on any atom is 0.323 e. The smallest absolute Gasteiger partial charge is 0.323 e. The number of hydrogen-bond donors (Lipinski definition) is 2. The van der Waals surface area contributed by atoms with E-state index in [-0.39, 0.29) is 37.4 Å². The molecule has 0 aromatic heterocycles. The van der Waals surface area contributed by atoms with Crippen LogP contribution in [0.4, 0.5) is 11.4 Å². The number of nitrogens with zero attached hydrogens (tertiary/aromatic N) is 2. The van der Waals surface area contributed by atoms with Gasteiger partial charge in [-0.15, -0.1) is 0 Å². The second kappa shape index (κ2) is 20.1. The molecule has 0 bridgehead atoms. The summed E-state index contributed by atoms with van der Waals surface area (Å²) >= 11 is 0. The molecule has 2 rings (SSSR count). The number of carbonyl (C=O) groups is 4. The molecule has 0 saturated heterocycles. The van der Waals surface area contributed by atoms with E-state index >= 15 is 0 Å². The molecule has 0 unspecified atom stereocenters. The first-order valence-corrected chi connectivity index (χ1v) is 14.2. The summed E-state index contributed by atoms with van der Waals surface area (Å²) in [6.07, 6.45) is 0.461. The van der Waals surface area contributed by atoms with Crippen molar-refractivity contribution in [3.05, 3.63) is 79.9 Å². The van der Waals surface area contributed by atoms with Crippen LogP contribution < -0.4 is 10.6 Å². The highest BCUT2D eigenvalue weighted by molar-refractivity contribution is 5.80. The van der Waals surface area contributed by atoms with Gasteiger partial charge in [0.2, 0.25) is 0 Å². The summed E-state index contributed by atoms with van der Waals surface area (Å²) in [5.41, 5.74) is 1.34. The van der Waals surface area contributed by atoms with Gasteiger partial charge in [0.1, 0.15) is 24.2 Å². The lowest BCUT2D eigenvalue weighted by Gasteiger charge is -2.20. The lowest BCUT2D eigenvalue weighted by Crippen LogP contribution is -2.47. The molecular weight excluding hydrogens is 608 g/mol. The lowest BCUT2D eigenvalue weighted by atomic mass is 10.0. The molecule has 2 aromatic carbocycles. The van der Waals surface area contributed by atoms with Gasteiger partial charge in [0.25, 0.3) is 11.4 Å². The van der Waals surface area contributed by atoms with E-state index in [1.807, 2.05) is 0 Å². The Balaban J connectivity index is 0.000000460. The van der Waals surface area contributed by atoms with Crippen molar-refractivity contribution in [2.45, 2.75) is 64.7 Å². The Labute approximate surface area is 266 Å². The number of nitro benzene ring substituents is 2. The topological polar surface area (TPSA) is 216 Å². The first-order chi connectivity index (χ1) is 21.8. The maximum atomic E-state index is 11.9. The normalized spacial score (nSPS) is 13.0. The quantitative estimate of drug-likeness (QED) is 0.116. The third kappa shape index (κ3) is 13.4. The summed E-state index contributed by atoms with van der Waals surface area (Å²) in [6.45, 7) is 7.05. The minimum absolute atomic E-state index is 0.0313. The minimum Gasteiger partial charge on any atom is -0.468 e. The van der Waals surface area contributed by atoms with Gasteiger partial charge >= 0.3 is 23.9 Å². The Kier molecular flexibility index (Phi) is 17.1. The molecule has 252 valence electrons. The lowest BCUT2D eigenvalue weighted by molar-refractivity contribution is -0.385. The van der Waals surface area contributed by atoms with Gasteiger partial charge in [-0.2, -0.15) is 0 Å². The second-order valence-electron chi connectivity index (χ2n) is 9.69. The molecule has 46 heavy (non-hydrogen) atoms. The van der Waals surface area contributed by atoms with Crippen molar-refractivity contribution in [1.29, 1.82) is 0 Å². The number of esters is 4. The molecule has 0 radical (unpaired) electrons. The third-order valence-electron chi connectivity index (χ3n) is 6.33. The molecule has 4 atom stereocenters. The van der Waals surface area contributed by atoms with Gasteiger partial charge in [-0.05, 0) is 51.7 Å². The zero-order valence-corrected chi connectivity index (χ0v) is 26.6. The Bertz CT molecular complexity index is 1220.